The number of aryl methyl sites for hydroxylation is 2. The minimum atomic E-state index is -0.540. The molecule has 7 nitrogen and oxygen atoms in total. The number of carbonyl (C=O) groups excluding carboxylic acids is 3. The monoisotopic (exact) mass is 455 g/mol. The number of ketones is 1. The molecule has 2 amide bonds. The molecule has 0 fully saturated rings. The molecule has 1 aliphatic carbocycles. The summed E-state index contributed by atoms with van der Waals surface area (Å²) in [7, 11) is 0. The maximum absolute atomic E-state index is 12.5. The van der Waals surface area contributed by atoms with Gasteiger partial charge in [-0.25, -0.2) is 9.78 Å². The number of nitrogens with one attached hydrogen (secondary N) is 1. The molecule has 2 aromatic rings. The van der Waals surface area contributed by atoms with Gasteiger partial charge in [-0.3, -0.25) is 9.59 Å². The lowest BCUT2D eigenvalue weighted by molar-refractivity contribution is -0.116. The first-order chi connectivity index (χ1) is 15.2. The zero-order valence-corrected chi connectivity index (χ0v) is 19.6. The Bertz CT molecular complexity index is 1050. The number of amides is 2. The molecule has 0 atom stereocenters. The number of hydrogen-bond acceptors (Lipinski definition) is 6. The summed E-state index contributed by atoms with van der Waals surface area (Å²) in [6, 6.07) is 5.89. The van der Waals surface area contributed by atoms with Crippen molar-refractivity contribution in [3.05, 3.63) is 45.5 Å². The maximum atomic E-state index is 12.5. The molecule has 1 N–H and O–H groups in total. The van der Waals surface area contributed by atoms with E-state index in [0.29, 0.717) is 30.2 Å². The van der Waals surface area contributed by atoms with E-state index in [0.717, 1.165) is 29.8 Å². The number of fused-ring (bicyclic) bond motifs is 2. The predicted molar refractivity (Wildman–Crippen MR) is 123 cm³/mol. The number of thiazole rings is 1. The molecule has 0 radical (unpaired) electrons. The Labute approximate surface area is 192 Å². The van der Waals surface area contributed by atoms with Crippen LogP contribution >= 0.6 is 11.3 Å². The van der Waals surface area contributed by atoms with Crippen molar-refractivity contribution in [3.63, 3.8) is 0 Å². The van der Waals surface area contributed by atoms with Crippen LogP contribution in [0.1, 0.15) is 72.1 Å². The number of anilines is 1. The first kappa shape index (κ1) is 22.5. The van der Waals surface area contributed by atoms with Gasteiger partial charge in [-0.1, -0.05) is 23.5 Å². The maximum Gasteiger partial charge on any atom is 0.410 e. The van der Waals surface area contributed by atoms with Crippen LogP contribution in [-0.2, 0) is 35.3 Å². The molecule has 8 heteroatoms. The summed E-state index contributed by atoms with van der Waals surface area (Å²) in [6.07, 6.45) is 3.82. The van der Waals surface area contributed by atoms with E-state index in [1.165, 1.54) is 22.5 Å². The first-order valence-electron chi connectivity index (χ1n) is 11.1. The van der Waals surface area contributed by atoms with E-state index in [-0.39, 0.29) is 30.6 Å². The van der Waals surface area contributed by atoms with Crippen LogP contribution < -0.4 is 5.32 Å². The number of hydrogen-bond donors (Lipinski definition) is 1. The molecule has 32 heavy (non-hydrogen) atoms. The Morgan fingerprint density at radius 2 is 1.91 bits per heavy atom. The molecular weight excluding hydrogens is 426 g/mol. The van der Waals surface area contributed by atoms with Crippen molar-refractivity contribution >= 4 is 34.3 Å². The van der Waals surface area contributed by atoms with Crippen LogP contribution in [0.5, 0.6) is 0 Å². The van der Waals surface area contributed by atoms with Gasteiger partial charge in [0.05, 0.1) is 12.2 Å². The third-order valence-corrected chi connectivity index (χ3v) is 6.63. The number of Topliss-reactive ketones (excluding diaryl/α,β-unsaturated/α-hetero) is 1. The van der Waals surface area contributed by atoms with Gasteiger partial charge in [0.25, 0.3) is 0 Å². The smallest absolute Gasteiger partial charge is 0.410 e. The predicted octanol–water partition coefficient (Wildman–Crippen LogP) is 4.53. The Morgan fingerprint density at radius 1 is 1.12 bits per heavy atom. The Hall–Kier alpha value is -2.74. The van der Waals surface area contributed by atoms with E-state index >= 15 is 0 Å². The molecule has 0 saturated carbocycles. The summed E-state index contributed by atoms with van der Waals surface area (Å²) in [4.78, 5) is 44.4. The van der Waals surface area contributed by atoms with E-state index in [9.17, 15) is 14.4 Å². The van der Waals surface area contributed by atoms with Gasteiger partial charge >= 0.3 is 6.09 Å². The van der Waals surface area contributed by atoms with Gasteiger partial charge in [-0.2, -0.15) is 0 Å². The first-order valence-corrected chi connectivity index (χ1v) is 11.9. The van der Waals surface area contributed by atoms with Crippen LogP contribution in [-0.4, -0.2) is 39.8 Å². The van der Waals surface area contributed by atoms with Crippen molar-refractivity contribution in [3.8, 4) is 0 Å². The molecule has 0 saturated heterocycles. The lowest BCUT2D eigenvalue weighted by Gasteiger charge is -2.29. The zero-order chi connectivity index (χ0) is 22.9. The average Bonchev–Trinajstić information content (AvgIpc) is 3.35. The summed E-state index contributed by atoms with van der Waals surface area (Å²) in [5.41, 5.74) is 3.64. The Balaban J connectivity index is 1.29. The van der Waals surface area contributed by atoms with E-state index in [1.807, 2.05) is 39.0 Å². The Morgan fingerprint density at radius 3 is 2.69 bits per heavy atom. The van der Waals surface area contributed by atoms with Crippen LogP contribution in [0, 0.1) is 0 Å². The fourth-order valence-corrected chi connectivity index (χ4v) is 5.07. The van der Waals surface area contributed by atoms with Gasteiger partial charge in [0.1, 0.15) is 5.60 Å². The quantitative estimate of drug-likeness (QED) is 0.670. The van der Waals surface area contributed by atoms with E-state index in [1.54, 1.807) is 4.90 Å². The lowest BCUT2D eigenvalue weighted by Crippen LogP contribution is -2.39. The summed E-state index contributed by atoms with van der Waals surface area (Å²) in [5.74, 6) is -0.240. The van der Waals surface area contributed by atoms with Crippen molar-refractivity contribution in [2.24, 2.45) is 0 Å². The fraction of sp³-hybridized carbons (Fsp3) is 0.500. The van der Waals surface area contributed by atoms with E-state index in [4.69, 9.17) is 4.74 Å². The third kappa shape index (κ3) is 5.35. The number of nitrogens with zero attached hydrogens (tertiary/aromatic N) is 2. The van der Waals surface area contributed by atoms with Crippen LogP contribution in [0.25, 0.3) is 0 Å². The zero-order valence-electron chi connectivity index (χ0n) is 18.8. The number of carbonyl (C=O) groups is 3. The summed E-state index contributed by atoms with van der Waals surface area (Å²) < 4.78 is 5.45. The minimum Gasteiger partial charge on any atom is -0.444 e. The highest BCUT2D eigenvalue weighted by molar-refractivity contribution is 7.15. The van der Waals surface area contributed by atoms with Gasteiger partial charge < -0.3 is 15.0 Å². The molecule has 2 heterocycles. The van der Waals surface area contributed by atoms with Crippen LogP contribution in [0.4, 0.5) is 9.93 Å². The number of rotatable bonds is 5. The van der Waals surface area contributed by atoms with Crippen molar-refractivity contribution in [2.75, 3.05) is 11.9 Å². The summed E-state index contributed by atoms with van der Waals surface area (Å²) >= 11 is 1.37. The Kier molecular flexibility index (Phi) is 6.33. The van der Waals surface area contributed by atoms with Crippen LogP contribution in [0.15, 0.2) is 18.2 Å². The van der Waals surface area contributed by atoms with E-state index in [2.05, 4.69) is 10.3 Å². The largest absolute Gasteiger partial charge is 0.444 e. The SMILES string of the molecule is CC(C)(C)OC(=O)N1CCc2nc(NC(=O)CCC(=O)c3ccc4c(c3)CCC4)sc2C1. The fourth-order valence-electron chi connectivity index (χ4n) is 4.03. The highest BCUT2D eigenvalue weighted by atomic mass is 32.1. The minimum absolute atomic E-state index is 0.0127. The molecule has 0 unspecified atom stereocenters. The molecule has 170 valence electrons. The molecule has 1 aliphatic heterocycles. The second kappa shape index (κ2) is 9.02. The molecular formula is C24H29N3O4S. The number of benzene rings is 1. The summed E-state index contributed by atoms with van der Waals surface area (Å²) in [6.45, 7) is 6.49. The van der Waals surface area contributed by atoms with Gasteiger partial charge in [0.15, 0.2) is 10.9 Å². The highest BCUT2D eigenvalue weighted by Gasteiger charge is 2.28. The second-order valence-electron chi connectivity index (χ2n) is 9.35. The van der Waals surface area contributed by atoms with Gasteiger partial charge in [0.2, 0.25) is 5.91 Å². The van der Waals surface area contributed by atoms with Crippen molar-refractivity contribution in [1.82, 2.24) is 9.88 Å². The average molecular weight is 456 g/mol. The normalized spacial score (nSPS) is 15.2. The molecule has 0 bridgehead atoms. The molecule has 4 rings (SSSR count). The standard InChI is InChI=1S/C24H29N3O4S/c1-24(2,3)31-23(30)27-12-11-18-20(14-27)32-22(25-18)26-21(29)10-9-19(28)17-8-7-15-5-4-6-16(15)13-17/h7-8,13H,4-6,9-12,14H2,1-3H3,(H,25,26,29). The third-order valence-electron chi connectivity index (χ3n) is 5.63. The molecule has 1 aromatic carbocycles. The molecule has 0 spiro atoms. The van der Waals surface area contributed by atoms with Crippen LogP contribution in [0.2, 0.25) is 0 Å². The second-order valence-corrected chi connectivity index (χ2v) is 10.4. The summed E-state index contributed by atoms with van der Waals surface area (Å²) in [5, 5.41) is 3.32. The number of aromatic nitrogens is 1. The highest BCUT2D eigenvalue weighted by Crippen LogP contribution is 2.29. The van der Waals surface area contributed by atoms with Crippen LogP contribution in [0.3, 0.4) is 0 Å². The lowest BCUT2D eigenvalue weighted by atomic mass is 10.0. The van der Waals surface area contributed by atoms with Crippen molar-refractivity contribution in [2.45, 2.75) is 71.4 Å². The van der Waals surface area contributed by atoms with Gasteiger partial charge in [0, 0.05) is 36.2 Å². The van der Waals surface area contributed by atoms with Crippen molar-refractivity contribution < 1.29 is 19.1 Å². The topological polar surface area (TPSA) is 88.6 Å². The molecule has 1 aromatic heterocycles. The van der Waals surface area contributed by atoms with Gasteiger partial charge in [-0.05, 0) is 57.2 Å². The van der Waals surface area contributed by atoms with Gasteiger partial charge in [-0.15, -0.1) is 0 Å². The van der Waals surface area contributed by atoms with Crippen molar-refractivity contribution in [1.29, 1.82) is 0 Å². The van der Waals surface area contributed by atoms with E-state index < -0.39 is 5.60 Å². The molecule has 2 aliphatic rings. The number of ether oxygens (including phenoxy) is 1.